The number of benzene rings is 1. The molecule has 0 aliphatic carbocycles. The third kappa shape index (κ3) is 4.42. The molecular formula is C20H21Cl2N5O3S2. The van der Waals surface area contributed by atoms with E-state index in [2.05, 4.69) is 15.3 Å². The second kappa shape index (κ2) is 9.11. The number of aryl methyl sites for hydroxylation is 1. The number of fused-ring (bicyclic) bond motifs is 1. The number of aromatic nitrogens is 2. The second-order valence-corrected chi connectivity index (χ2v) is 11.1. The molecule has 2 aromatic heterocycles. The Morgan fingerprint density at radius 2 is 1.88 bits per heavy atom. The summed E-state index contributed by atoms with van der Waals surface area (Å²) < 4.78 is 28.1. The average molecular weight is 514 g/mol. The highest BCUT2D eigenvalue weighted by atomic mass is 35.5. The van der Waals surface area contributed by atoms with Crippen molar-refractivity contribution in [3.05, 3.63) is 45.5 Å². The average Bonchev–Trinajstić information content (AvgIpc) is 3.17. The number of rotatable bonds is 5. The molecule has 1 saturated heterocycles. The Labute approximate surface area is 200 Å². The maximum Gasteiger partial charge on any atom is 0.244 e. The van der Waals surface area contributed by atoms with E-state index in [9.17, 15) is 13.2 Å². The van der Waals surface area contributed by atoms with E-state index in [0.29, 0.717) is 23.9 Å². The summed E-state index contributed by atoms with van der Waals surface area (Å²) in [6, 6.07) is 3.72. The highest BCUT2D eigenvalue weighted by Gasteiger charge is 2.32. The number of carbonyl (C=O) groups excluding carboxylic acids is 1. The molecular weight excluding hydrogens is 493 g/mol. The van der Waals surface area contributed by atoms with E-state index in [0.717, 1.165) is 15.8 Å². The molecule has 0 saturated carbocycles. The van der Waals surface area contributed by atoms with Crippen LogP contribution in [0, 0.1) is 6.92 Å². The summed E-state index contributed by atoms with van der Waals surface area (Å²) in [6.45, 7) is 4.74. The summed E-state index contributed by atoms with van der Waals surface area (Å²) in [4.78, 5) is 23.3. The highest BCUT2D eigenvalue weighted by Crippen LogP contribution is 2.29. The maximum absolute atomic E-state index is 13.0. The third-order valence-corrected chi connectivity index (χ3v) is 9.06. The quantitative estimate of drug-likeness (QED) is 0.559. The first-order chi connectivity index (χ1) is 15.2. The van der Waals surface area contributed by atoms with Crippen molar-refractivity contribution in [2.75, 3.05) is 31.5 Å². The Kier molecular flexibility index (Phi) is 6.60. The lowest BCUT2D eigenvalue weighted by molar-refractivity contribution is -0.132. The minimum Gasteiger partial charge on any atom is -0.357 e. The van der Waals surface area contributed by atoms with E-state index in [1.54, 1.807) is 11.8 Å². The highest BCUT2D eigenvalue weighted by molar-refractivity contribution is 7.89. The van der Waals surface area contributed by atoms with Crippen molar-refractivity contribution < 1.29 is 13.2 Å². The zero-order valence-corrected chi connectivity index (χ0v) is 20.5. The lowest BCUT2D eigenvalue weighted by Gasteiger charge is -2.35. The van der Waals surface area contributed by atoms with Crippen LogP contribution in [0.1, 0.15) is 12.5 Å². The SMILES string of the molecule is Cc1csc2c(N[C@@H](C)C(=O)N3CCN(S(=O)(=O)c4ccc(Cl)c(Cl)c4)CC3)ncnc12. The van der Waals surface area contributed by atoms with Gasteiger partial charge >= 0.3 is 0 Å². The van der Waals surface area contributed by atoms with Crippen molar-refractivity contribution >= 4 is 66.5 Å². The summed E-state index contributed by atoms with van der Waals surface area (Å²) in [7, 11) is -3.72. The molecule has 32 heavy (non-hydrogen) atoms. The van der Waals surface area contributed by atoms with Gasteiger partial charge in [0, 0.05) is 26.2 Å². The molecule has 8 nitrogen and oxygen atoms in total. The summed E-state index contributed by atoms with van der Waals surface area (Å²) in [5.41, 5.74) is 1.93. The summed E-state index contributed by atoms with van der Waals surface area (Å²) in [6.07, 6.45) is 1.48. The monoisotopic (exact) mass is 513 g/mol. The molecule has 1 amide bonds. The number of nitrogens with zero attached hydrogens (tertiary/aromatic N) is 4. The zero-order chi connectivity index (χ0) is 23.0. The molecule has 3 aromatic rings. The number of hydrogen-bond donors (Lipinski definition) is 1. The van der Waals surface area contributed by atoms with Gasteiger partial charge in [0.1, 0.15) is 18.2 Å². The predicted molar refractivity (Wildman–Crippen MR) is 127 cm³/mol. The minimum atomic E-state index is -3.72. The number of carbonyl (C=O) groups is 1. The van der Waals surface area contributed by atoms with E-state index >= 15 is 0 Å². The van der Waals surface area contributed by atoms with Gasteiger partial charge in [-0.3, -0.25) is 4.79 Å². The van der Waals surface area contributed by atoms with Crippen molar-refractivity contribution in [1.82, 2.24) is 19.2 Å². The minimum absolute atomic E-state index is 0.0840. The van der Waals surface area contributed by atoms with E-state index in [1.165, 1.54) is 40.2 Å². The van der Waals surface area contributed by atoms with Crippen LogP contribution in [0.3, 0.4) is 0 Å². The number of sulfonamides is 1. The first kappa shape index (κ1) is 23.2. The third-order valence-electron chi connectivity index (χ3n) is 5.33. The first-order valence-corrected chi connectivity index (χ1v) is 13.0. The van der Waals surface area contributed by atoms with Crippen molar-refractivity contribution in [2.45, 2.75) is 24.8 Å². The molecule has 1 aromatic carbocycles. The van der Waals surface area contributed by atoms with Gasteiger partial charge in [-0.2, -0.15) is 4.31 Å². The standard InChI is InChI=1S/C20H21Cl2N5O3S2/c1-12-10-31-18-17(12)23-11-24-19(18)25-13(2)20(28)26-5-7-27(8-6-26)32(29,30)14-3-4-15(21)16(22)9-14/h3-4,9-11,13H,5-8H2,1-2H3,(H,23,24,25)/t13-/m0/s1. The summed E-state index contributed by atoms with van der Waals surface area (Å²) in [5, 5.41) is 5.66. The van der Waals surface area contributed by atoms with E-state index < -0.39 is 16.1 Å². The van der Waals surface area contributed by atoms with Crippen molar-refractivity contribution in [3.63, 3.8) is 0 Å². The molecule has 0 radical (unpaired) electrons. The number of thiophene rings is 1. The smallest absolute Gasteiger partial charge is 0.244 e. The van der Waals surface area contributed by atoms with Gasteiger partial charge in [-0.15, -0.1) is 11.3 Å². The molecule has 3 heterocycles. The number of hydrogen-bond acceptors (Lipinski definition) is 7. The molecule has 1 aliphatic heterocycles. The van der Waals surface area contributed by atoms with Gasteiger partial charge in [-0.1, -0.05) is 23.2 Å². The van der Waals surface area contributed by atoms with Crippen LogP contribution in [0.15, 0.2) is 34.8 Å². The van der Waals surface area contributed by atoms with Crippen molar-refractivity contribution in [1.29, 1.82) is 0 Å². The van der Waals surface area contributed by atoms with Gasteiger partial charge < -0.3 is 10.2 Å². The molecule has 4 rings (SSSR count). The van der Waals surface area contributed by atoms with Crippen LogP contribution in [0.2, 0.25) is 10.0 Å². The molecule has 1 fully saturated rings. The summed E-state index contributed by atoms with van der Waals surface area (Å²) >= 11 is 13.4. The number of amides is 1. The number of anilines is 1. The number of halogens is 2. The molecule has 0 spiro atoms. The molecule has 1 atom stereocenters. The Balaban J connectivity index is 1.41. The zero-order valence-electron chi connectivity index (χ0n) is 17.4. The van der Waals surface area contributed by atoms with Gasteiger partial charge in [-0.05, 0) is 43.0 Å². The van der Waals surface area contributed by atoms with E-state index in [1.807, 2.05) is 12.3 Å². The van der Waals surface area contributed by atoms with Crippen LogP contribution in [-0.2, 0) is 14.8 Å². The second-order valence-electron chi connectivity index (χ2n) is 7.49. The molecule has 1 N–H and O–H groups in total. The van der Waals surface area contributed by atoms with Crippen LogP contribution in [0.4, 0.5) is 5.82 Å². The normalized spacial score (nSPS) is 16.3. The Morgan fingerprint density at radius 3 is 2.56 bits per heavy atom. The van der Waals surface area contributed by atoms with Crippen LogP contribution < -0.4 is 5.32 Å². The molecule has 1 aliphatic rings. The van der Waals surface area contributed by atoms with Crippen molar-refractivity contribution in [2.24, 2.45) is 0 Å². The Hall–Kier alpha value is -1.98. The first-order valence-electron chi connectivity index (χ1n) is 9.88. The van der Waals surface area contributed by atoms with Gasteiger partial charge in [0.25, 0.3) is 0 Å². The summed E-state index contributed by atoms with van der Waals surface area (Å²) in [5.74, 6) is 0.506. The molecule has 12 heteroatoms. The van der Waals surface area contributed by atoms with Gasteiger partial charge in [0.05, 0.1) is 25.2 Å². The molecule has 170 valence electrons. The Morgan fingerprint density at radius 1 is 1.16 bits per heavy atom. The van der Waals surface area contributed by atoms with Gasteiger partial charge in [-0.25, -0.2) is 18.4 Å². The Bertz CT molecular complexity index is 1270. The predicted octanol–water partition coefficient (Wildman–Crippen LogP) is 3.64. The number of nitrogens with one attached hydrogen (secondary N) is 1. The number of piperazine rings is 1. The van der Waals surface area contributed by atoms with Gasteiger partial charge in [0.2, 0.25) is 15.9 Å². The maximum atomic E-state index is 13.0. The van der Waals surface area contributed by atoms with E-state index in [-0.39, 0.29) is 28.9 Å². The molecule has 0 bridgehead atoms. The topological polar surface area (TPSA) is 95.5 Å². The largest absolute Gasteiger partial charge is 0.357 e. The van der Waals surface area contributed by atoms with E-state index in [4.69, 9.17) is 23.2 Å². The lowest BCUT2D eigenvalue weighted by Crippen LogP contribution is -2.53. The van der Waals surface area contributed by atoms with Crippen LogP contribution in [-0.4, -0.2) is 65.7 Å². The van der Waals surface area contributed by atoms with Crippen LogP contribution in [0.5, 0.6) is 0 Å². The van der Waals surface area contributed by atoms with Crippen LogP contribution >= 0.6 is 34.5 Å². The van der Waals surface area contributed by atoms with Gasteiger partial charge in [0.15, 0.2) is 0 Å². The fourth-order valence-corrected chi connectivity index (χ4v) is 6.31. The fraction of sp³-hybridized carbons (Fsp3) is 0.350. The van der Waals surface area contributed by atoms with Crippen molar-refractivity contribution in [3.8, 4) is 0 Å². The molecule has 0 unspecified atom stereocenters. The fourth-order valence-electron chi connectivity index (χ4n) is 3.55. The lowest BCUT2D eigenvalue weighted by atomic mass is 10.2. The van der Waals surface area contributed by atoms with Crippen LogP contribution in [0.25, 0.3) is 10.2 Å².